The van der Waals surface area contributed by atoms with E-state index >= 15 is 0 Å². The summed E-state index contributed by atoms with van der Waals surface area (Å²) in [5, 5.41) is 5.95. The molecule has 0 saturated carbocycles. The fraction of sp³-hybridized carbons (Fsp3) is 0.333. The van der Waals surface area contributed by atoms with Crippen LogP contribution in [0.25, 0.3) is 0 Å². The van der Waals surface area contributed by atoms with Gasteiger partial charge >= 0.3 is 0 Å². The van der Waals surface area contributed by atoms with E-state index in [4.69, 9.17) is 0 Å². The molecule has 0 aromatic heterocycles. The second-order valence-corrected chi connectivity index (χ2v) is 6.91. The maximum atomic E-state index is 12.4. The molecule has 1 aliphatic rings. The van der Waals surface area contributed by atoms with E-state index in [-0.39, 0.29) is 17.7 Å². The number of carbonyl (C=O) groups is 2. The molecule has 0 radical (unpaired) electrons. The molecule has 1 heterocycles. The molecule has 25 heavy (non-hydrogen) atoms. The van der Waals surface area contributed by atoms with Crippen molar-refractivity contribution in [2.75, 3.05) is 10.6 Å². The molecule has 3 rings (SSSR count). The van der Waals surface area contributed by atoms with Crippen LogP contribution in [0.3, 0.4) is 0 Å². The van der Waals surface area contributed by atoms with Crippen molar-refractivity contribution in [3.8, 4) is 0 Å². The van der Waals surface area contributed by atoms with Crippen LogP contribution in [-0.4, -0.2) is 11.8 Å². The van der Waals surface area contributed by atoms with Gasteiger partial charge in [-0.05, 0) is 56.4 Å². The lowest BCUT2D eigenvalue weighted by molar-refractivity contribution is -0.121. The van der Waals surface area contributed by atoms with Crippen LogP contribution in [0.5, 0.6) is 0 Å². The highest BCUT2D eigenvalue weighted by atomic mass is 16.2. The van der Waals surface area contributed by atoms with E-state index in [1.807, 2.05) is 45.0 Å². The van der Waals surface area contributed by atoms with Gasteiger partial charge in [-0.25, -0.2) is 0 Å². The first-order chi connectivity index (χ1) is 11.9. The van der Waals surface area contributed by atoms with Crippen molar-refractivity contribution in [2.45, 2.75) is 40.0 Å². The van der Waals surface area contributed by atoms with Crippen molar-refractivity contribution in [1.82, 2.24) is 0 Å². The zero-order valence-electron chi connectivity index (χ0n) is 15.0. The molecule has 0 fully saturated rings. The van der Waals surface area contributed by atoms with E-state index in [2.05, 4.69) is 22.8 Å². The number of aryl methyl sites for hydroxylation is 3. The Kier molecular flexibility index (Phi) is 4.88. The second-order valence-electron chi connectivity index (χ2n) is 6.91. The van der Waals surface area contributed by atoms with Crippen molar-refractivity contribution < 1.29 is 9.59 Å². The van der Waals surface area contributed by atoms with Gasteiger partial charge in [-0.15, -0.1) is 0 Å². The third-order valence-corrected chi connectivity index (χ3v) is 4.77. The molecule has 1 aliphatic heterocycles. The maximum absolute atomic E-state index is 12.4. The van der Waals surface area contributed by atoms with Crippen LogP contribution in [0, 0.1) is 26.7 Å². The molecule has 2 aromatic carbocycles. The van der Waals surface area contributed by atoms with E-state index < -0.39 is 0 Å². The molecule has 2 amide bonds. The lowest BCUT2D eigenvalue weighted by atomic mass is 9.89. The standard InChI is InChI=1S/C21H24N2O2/c1-13-10-14(2)20(15(3)11-13)23-19(24)9-8-17-12-16-6-4-5-7-18(16)22-21(17)25/h4-7,10-11,17H,8-9,12H2,1-3H3,(H,22,25)(H,23,24). The van der Waals surface area contributed by atoms with Gasteiger partial charge in [0.15, 0.2) is 0 Å². The number of anilines is 2. The minimum absolute atomic E-state index is 0.00852. The minimum Gasteiger partial charge on any atom is -0.326 e. The molecule has 1 atom stereocenters. The molecule has 4 nitrogen and oxygen atoms in total. The molecule has 4 heteroatoms. The number of benzene rings is 2. The summed E-state index contributed by atoms with van der Waals surface area (Å²) in [5.74, 6) is -0.184. The summed E-state index contributed by atoms with van der Waals surface area (Å²) < 4.78 is 0. The van der Waals surface area contributed by atoms with Crippen molar-refractivity contribution in [1.29, 1.82) is 0 Å². The van der Waals surface area contributed by atoms with E-state index in [1.54, 1.807) is 0 Å². The Morgan fingerprint density at radius 2 is 1.84 bits per heavy atom. The fourth-order valence-electron chi connectivity index (χ4n) is 3.53. The first kappa shape index (κ1) is 17.2. The number of carbonyl (C=O) groups excluding carboxylic acids is 2. The van der Waals surface area contributed by atoms with Crippen LogP contribution in [0.1, 0.15) is 35.1 Å². The Morgan fingerprint density at radius 3 is 2.56 bits per heavy atom. The third kappa shape index (κ3) is 3.90. The van der Waals surface area contributed by atoms with Crippen LogP contribution < -0.4 is 10.6 Å². The normalized spacial score (nSPS) is 16.1. The third-order valence-electron chi connectivity index (χ3n) is 4.77. The van der Waals surface area contributed by atoms with Crippen LogP contribution in [0.2, 0.25) is 0 Å². The van der Waals surface area contributed by atoms with Crippen LogP contribution in [0.15, 0.2) is 36.4 Å². The molecule has 1 unspecified atom stereocenters. The lowest BCUT2D eigenvalue weighted by Gasteiger charge is -2.24. The van der Waals surface area contributed by atoms with Crippen LogP contribution in [-0.2, 0) is 16.0 Å². The topological polar surface area (TPSA) is 58.2 Å². The van der Waals surface area contributed by atoms with E-state index in [9.17, 15) is 9.59 Å². The SMILES string of the molecule is Cc1cc(C)c(NC(=O)CCC2Cc3ccccc3NC2=O)c(C)c1. The molecular formula is C21H24N2O2. The minimum atomic E-state index is -0.152. The first-order valence-electron chi connectivity index (χ1n) is 8.70. The second kappa shape index (κ2) is 7.09. The number of para-hydroxylation sites is 1. The van der Waals surface area contributed by atoms with Gasteiger partial charge < -0.3 is 10.6 Å². The number of nitrogens with one attached hydrogen (secondary N) is 2. The highest BCUT2D eigenvalue weighted by molar-refractivity contribution is 5.97. The summed E-state index contributed by atoms with van der Waals surface area (Å²) in [6, 6.07) is 12.0. The number of rotatable bonds is 4. The molecule has 2 aromatic rings. The monoisotopic (exact) mass is 336 g/mol. The average Bonchev–Trinajstić information content (AvgIpc) is 2.56. The van der Waals surface area contributed by atoms with Gasteiger partial charge in [0.05, 0.1) is 0 Å². The molecule has 0 spiro atoms. The van der Waals surface area contributed by atoms with Gasteiger partial charge in [-0.3, -0.25) is 9.59 Å². The zero-order valence-corrected chi connectivity index (χ0v) is 15.0. The van der Waals surface area contributed by atoms with Gasteiger partial charge in [0.25, 0.3) is 0 Å². The highest BCUT2D eigenvalue weighted by Crippen LogP contribution is 2.28. The Labute approximate surface area is 148 Å². The maximum Gasteiger partial charge on any atom is 0.227 e. The predicted octanol–water partition coefficient (Wildman–Crippen LogP) is 4.14. The Hall–Kier alpha value is -2.62. The quantitative estimate of drug-likeness (QED) is 0.881. The summed E-state index contributed by atoms with van der Waals surface area (Å²) in [5.41, 5.74) is 6.22. The van der Waals surface area contributed by atoms with Crippen molar-refractivity contribution in [2.24, 2.45) is 5.92 Å². The largest absolute Gasteiger partial charge is 0.326 e. The van der Waals surface area contributed by atoms with Gasteiger partial charge in [-0.2, -0.15) is 0 Å². The van der Waals surface area contributed by atoms with Gasteiger partial charge in [0.1, 0.15) is 0 Å². The fourth-order valence-corrected chi connectivity index (χ4v) is 3.53. The lowest BCUT2D eigenvalue weighted by Crippen LogP contribution is -2.30. The van der Waals surface area contributed by atoms with E-state index in [1.165, 1.54) is 5.56 Å². The Balaban J connectivity index is 1.61. The predicted molar refractivity (Wildman–Crippen MR) is 101 cm³/mol. The number of amides is 2. The average molecular weight is 336 g/mol. The number of fused-ring (bicyclic) bond motifs is 1. The highest BCUT2D eigenvalue weighted by Gasteiger charge is 2.26. The zero-order chi connectivity index (χ0) is 18.0. The number of hydrogen-bond donors (Lipinski definition) is 2. The number of hydrogen-bond acceptors (Lipinski definition) is 2. The van der Waals surface area contributed by atoms with Gasteiger partial charge in [-0.1, -0.05) is 35.9 Å². The van der Waals surface area contributed by atoms with Crippen molar-refractivity contribution in [3.05, 3.63) is 58.7 Å². The van der Waals surface area contributed by atoms with Gasteiger partial charge in [0, 0.05) is 23.7 Å². The summed E-state index contributed by atoms with van der Waals surface area (Å²) in [4.78, 5) is 24.6. The molecule has 0 aliphatic carbocycles. The summed E-state index contributed by atoms with van der Waals surface area (Å²) >= 11 is 0. The molecule has 0 bridgehead atoms. The smallest absolute Gasteiger partial charge is 0.227 e. The first-order valence-corrected chi connectivity index (χ1v) is 8.70. The van der Waals surface area contributed by atoms with Crippen molar-refractivity contribution in [3.63, 3.8) is 0 Å². The van der Waals surface area contributed by atoms with Crippen LogP contribution in [0.4, 0.5) is 11.4 Å². The van der Waals surface area contributed by atoms with E-state index in [0.717, 1.165) is 28.1 Å². The molecular weight excluding hydrogens is 312 g/mol. The molecule has 0 saturated heterocycles. The summed E-state index contributed by atoms with van der Waals surface area (Å²) in [6.07, 6.45) is 1.58. The van der Waals surface area contributed by atoms with Gasteiger partial charge in [0.2, 0.25) is 11.8 Å². The molecule has 2 N–H and O–H groups in total. The Bertz CT molecular complexity index is 803. The summed E-state index contributed by atoms with van der Waals surface area (Å²) in [7, 11) is 0. The van der Waals surface area contributed by atoms with E-state index in [0.29, 0.717) is 19.3 Å². The van der Waals surface area contributed by atoms with Crippen molar-refractivity contribution >= 4 is 23.2 Å². The summed E-state index contributed by atoms with van der Waals surface area (Å²) in [6.45, 7) is 6.05. The molecule has 130 valence electrons. The van der Waals surface area contributed by atoms with Crippen LogP contribution >= 0.6 is 0 Å². The Morgan fingerprint density at radius 1 is 1.16 bits per heavy atom.